The number of benzene rings is 3. The fourth-order valence-corrected chi connectivity index (χ4v) is 5.57. The number of esters is 1. The van der Waals surface area contributed by atoms with Crippen LogP contribution in [-0.4, -0.2) is 35.0 Å². The Morgan fingerprint density at radius 1 is 1.03 bits per heavy atom. The molecule has 5 rings (SSSR count). The summed E-state index contributed by atoms with van der Waals surface area (Å²) in [6.45, 7) is 6.64. The number of rotatable bonds is 5. The second kappa shape index (κ2) is 12.0. The molecule has 9 heteroatoms. The van der Waals surface area contributed by atoms with Gasteiger partial charge in [-0.3, -0.25) is 4.55 Å². The number of H-pyrrole nitrogens is 1. The molecule has 1 aromatic heterocycles. The van der Waals surface area contributed by atoms with E-state index < -0.39 is 15.3 Å². The molecule has 3 aromatic carbocycles. The van der Waals surface area contributed by atoms with Crippen molar-refractivity contribution in [2.75, 3.05) is 5.73 Å². The second-order valence-electron chi connectivity index (χ2n) is 10.4. The Morgan fingerprint density at radius 3 is 2.38 bits per heavy atom. The van der Waals surface area contributed by atoms with E-state index in [9.17, 15) is 13.2 Å². The van der Waals surface area contributed by atoms with E-state index in [-0.39, 0.29) is 12.1 Å². The molecule has 4 N–H and O–H groups in total. The third-order valence-electron chi connectivity index (χ3n) is 7.23. The number of anilines is 1. The summed E-state index contributed by atoms with van der Waals surface area (Å²) in [4.78, 5) is 18.8. The van der Waals surface area contributed by atoms with Crippen LogP contribution in [-0.2, 0) is 14.9 Å². The smallest absolute Gasteiger partial charge is 0.340 e. The van der Waals surface area contributed by atoms with Crippen LogP contribution in [0.3, 0.4) is 0 Å². The Labute approximate surface area is 229 Å². The van der Waals surface area contributed by atoms with Gasteiger partial charge in [-0.15, -0.1) is 0 Å². The van der Waals surface area contributed by atoms with Crippen LogP contribution in [0.2, 0.25) is 0 Å². The fraction of sp³-hybridized carbons (Fsp3) is 0.333. The van der Waals surface area contributed by atoms with Gasteiger partial charge in [0, 0.05) is 11.3 Å². The highest BCUT2D eigenvalue weighted by Gasteiger charge is 2.33. The summed E-state index contributed by atoms with van der Waals surface area (Å²) in [5.74, 6) is 1.33. The minimum Gasteiger partial charge on any atom is -0.458 e. The molecule has 3 atom stereocenters. The average Bonchev–Trinajstić information content (AvgIpc) is 3.35. The first-order valence-corrected chi connectivity index (χ1v) is 14.6. The van der Waals surface area contributed by atoms with Crippen LogP contribution in [0, 0.1) is 17.8 Å². The average molecular weight is 550 g/mol. The molecule has 4 aromatic rings. The predicted octanol–water partition coefficient (Wildman–Crippen LogP) is 6.36. The van der Waals surface area contributed by atoms with E-state index in [0.29, 0.717) is 40.0 Å². The summed E-state index contributed by atoms with van der Waals surface area (Å²) in [5, 5.41) is -0.439. The minimum atomic E-state index is -4.33. The first-order chi connectivity index (χ1) is 18.5. The van der Waals surface area contributed by atoms with Gasteiger partial charge in [0.25, 0.3) is 5.16 Å². The second-order valence-corrected chi connectivity index (χ2v) is 11.8. The number of aromatic amines is 1. The molecule has 0 aliphatic heterocycles. The van der Waals surface area contributed by atoms with Gasteiger partial charge in [0.1, 0.15) is 6.10 Å². The molecule has 0 amide bonds. The van der Waals surface area contributed by atoms with Crippen molar-refractivity contribution in [2.45, 2.75) is 51.3 Å². The third kappa shape index (κ3) is 6.85. The summed E-state index contributed by atoms with van der Waals surface area (Å²) in [7, 11) is -4.33. The van der Waals surface area contributed by atoms with Crippen molar-refractivity contribution in [3.8, 4) is 11.1 Å². The number of hydrogen-bond donors (Lipinski definition) is 3. The lowest BCUT2D eigenvalue weighted by molar-refractivity contribution is -0.0173. The monoisotopic (exact) mass is 549 g/mol. The van der Waals surface area contributed by atoms with Gasteiger partial charge in [0.2, 0.25) is 0 Å². The Morgan fingerprint density at radius 2 is 1.72 bits per heavy atom. The Balaban J connectivity index is 0.000000181. The third-order valence-corrected chi connectivity index (χ3v) is 7.91. The van der Waals surface area contributed by atoms with Crippen LogP contribution < -0.4 is 5.73 Å². The lowest BCUT2D eigenvalue weighted by Crippen LogP contribution is -2.36. The minimum absolute atomic E-state index is 0.0193. The van der Waals surface area contributed by atoms with Gasteiger partial charge in [-0.05, 0) is 54.4 Å². The molecule has 206 valence electrons. The highest BCUT2D eigenvalue weighted by molar-refractivity contribution is 7.85. The summed E-state index contributed by atoms with van der Waals surface area (Å²) in [6.07, 6.45) is 3.35. The maximum Gasteiger partial charge on any atom is 0.340 e. The van der Waals surface area contributed by atoms with Crippen LogP contribution in [0.1, 0.15) is 50.4 Å². The van der Waals surface area contributed by atoms with Crippen molar-refractivity contribution in [3.05, 3.63) is 78.4 Å². The summed E-state index contributed by atoms with van der Waals surface area (Å²) in [6, 6.07) is 22.0. The number of carbonyl (C=O) groups is 1. The van der Waals surface area contributed by atoms with Gasteiger partial charge >= 0.3 is 16.1 Å². The number of carbonyl (C=O) groups excluding carboxylic acids is 1. The zero-order chi connectivity index (χ0) is 28.2. The SMILES string of the molecule is CC1CCC(C(C)C)C(OC(=O)c2ccccc2N)C1.O=S(=O)(O)c1nc2cccc(-c3ccccc3)c2[nH]1. The molecule has 1 fully saturated rings. The number of aromatic nitrogens is 2. The number of nitrogen functional groups attached to an aromatic ring is 1. The molecule has 8 nitrogen and oxygen atoms in total. The first kappa shape index (κ1) is 28.3. The molecular formula is C30H35N3O5S. The number of imidazole rings is 1. The van der Waals surface area contributed by atoms with Gasteiger partial charge in [-0.25, -0.2) is 9.78 Å². The maximum absolute atomic E-state index is 12.3. The highest BCUT2D eigenvalue weighted by atomic mass is 32.2. The van der Waals surface area contributed by atoms with E-state index in [0.717, 1.165) is 24.0 Å². The van der Waals surface area contributed by atoms with Gasteiger partial charge in [0.05, 0.1) is 16.6 Å². The number of nitrogens with two attached hydrogens (primary N) is 1. The van der Waals surface area contributed by atoms with E-state index in [2.05, 4.69) is 30.7 Å². The lowest BCUT2D eigenvalue weighted by atomic mass is 9.75. The van der Waals surface area contributed by atoms with Gasteiger partial charge in [-0.1, -0.05) is 81.8 Å². The molecule has 1 aliphatic carbocycles. The van der Waals surface area contributed by atoms with Crippen LogP contribution in [0.4, 0.5) is 5.69 Å². The van der Waals surface area contributed by atoms with E-state index in [1.54, 1.807) is 24.3 Å². The zero-order valence-corrected chi connectivity index (χ0v) is 23.2. The fourth-order valence-electron chi connectivity index (χ4n) is 5.12. The standard InChI is InChI=1S/C17H25NO2.C13H10N2O3S/c1-11(2)13-9-8-12(3)10-16(13)20-17(19)14-6-4-5-7-15(14)18;16-19(17,18)13-14-11-8-4-7-10(12(11)15-13)9-5-2-1-3-6-9/h4-7,11-13,16H,8-10,18H2,1-3H3;1-8H,(H,14,15)(H,16,17,18). The van der Waals surface area contributed by atoms with Crippen molar-refractivity contribution in [3.63, 3.8) is 0 Å². The largest absolute Gasteiger partial charge is 0.458 e. The summed E-state index contributed by atoms with van der Waals surface area (Å²) >= 11 is 0. The van der Waals surface area contributed by atoms with Gasteiger partial charge < -0.3 is 15.5 Å². The molecule has 1 saturated carbocycles. The van der Waals surface area contributed by atoms with Crippen LogP contribution >= 0.6 is 0 Å². The first-order valence-electron chi connectivity index (χ1n) is 13.1. The maximum atomic E-state index is 12.3. The molecule has 3 unspecified atom stereocenters. The van der Waals surface area contributed by atoms with Crippen molar-refractivity contribution in [1.29, 1.82) is 0 Å². The van der Waals surface area contributed by atoms with E-state index >= 15 is 0 Å². The number of nitrogens with one attached hydrogen (secondary N) is 1. The predicted molar refractivity (Wildman–Crippen MR) is 153 cm³/mol. The topological polar surface area (TPSA) is 135 Å². The normalized spacial score (nSPS) is 19.4. The van der Waals surface area contributed by atoms with Gasteiger partial charge in [-0.2, -0.15) is 8.42 Å². The Hall–Kier alpha value is -3.69. The van der Waals surface area contributed by atoms with E-state index in [1.807, 2.05) is 48.5 Å². The number of nitrogens with zero attached hydrogens (tertiary/aromatic N) is 1. The number of hydrogen-bond acceptors (Lipinski definition) is 6. The van der Waals surface area contributed by atoms with Crippen molar-refractivity contribution in [2.24, 2.45) is 17.8 Å². The highest BCUT2D eigenvalue weighted by Crippen LogP contribution is 2.36. The molecule has 0 radical (unpaired) electrons. The zero-order valence-electron chi connectivity index (χ0n) is 22.4. The summed E-state index contributed by atoms with van der Waals surface area (Å²) in [5.41, 5.74) is 9.67. The number of ether oxygens (including phenoxy) is 1. The Bertz CT molecular complexity index is 1530. The van der Waals surface area contributed by atoms with Crippen molar-refractivity contribution >= 4 is 32.8 Å². The molecule has 0 saturated heterocycles. The van der Waals surface area contributed by atoms with Gasteiger partial charge in [0.15, 0.2) is 0 Å². The Kier molecular flexibility index (Phi) is 8.72. The van der Waals surface area contributed by atoms with Crippen LogP contribution in [0.15, 0.2) is 78.0 Å². The van der Waals surface area contributed by atoms with Crippen LogP contribution in [0.25, 0.3) is 22.2 Å². The molecular weight excluding hydrogens is 514 g/mol. The van der Waals surface area contributed by atoms with E-state index in [4.69, 9.17) is 15.0 Å². The molecule has 39 heavy (non-hydrogen) atoms. The molecule has 1 aliphatic rings. The summed E-state index contributed by atoms with van der Waals surface area (Å²) < 4.78 is 37.0. The molecule has 1 heterocycles. The van der Waals surface area contributed by atoms with Crippen LogP contribution in [0.5, 0.6) is 0 Å². The quantitative estimate of drug-likeness (QED) is 0.150. The van der Waals surface area contributed by atoms with Crippen molar-refractivity contribution < 1.29 is 22.5 Å². The number of fused-ring (bicyclic) bond motifs is 1. The lowest BCUT2D eigenvalue weighted by Gasteiger charge is -2.36. The molecule has 0 bridgehead atoms. The van der Waals surface area contributed by atoms with Crippen molar-refractivity contribution in [1.82, 2.24) is 9.97 Å². The molecule has 0 spiro atoms. The van der Waals surface area contributed by atoms with E-state index in [1.165, 1.54) is 6.42 Å². The number of para-hydroxylation sites is 2.